The molecule has 0 atom stereocenters. The summed E-state index contributed by atoms with van der Waals surface area (Å²) in [6.07, 6.45) is 3.52. The molecule has 29 heavy (non-hydrogen) atoms. The normalized spacial score (nSPS) is 14.0. The summed E-state index contributed by atoms with van der Waals surface area (Å²) in [6, 6.07) is 22.3. The van der Waals surface area contributed by atoms with E-state index in [4.69, 9.17) is 0 Å². The zero-order chi connectivity index (χ0) is 20.1. The van der Waals surface area contributed by atoms with Crippen LogP contribution >= 0.6 is 0 Å². The molecule has 2 aromatic carbocycles. The number of anilines is 3. The number of rotatable bonds is 5. The molecule has 2 heterocycles. The van der Waals surface area contributed by atoms with Crippen LogP contribution in [0.1, 0.15) is 17.3 Å². The molecule has 0 saturated carbocycles. The maximum atomic E-state index is 13.1. The van der Waals surface area contributed by atoms with E-state index in [2.05, 4.69) is 39.0 Å². The van der Waals surface area contributed by atoms with Gasteiger partial charge in [-0.25, -0.2) is 0 Å². The van der Waals surface area contributed by atoms with Crippen molar-refractivity contribution in [2.75, 3.05) is 47.4 Å². The first-order valence-electron chi connectivity index (χ1n) is 10.1. The smallest absolute Gasteiger partial charge is 0.259 e. The Morgan fingerprint density at radius 3 is 2.07 bits per heavy atom. The fourth-order valence-electron chi connectivity index (χ4n) is 3.79. The second-order valence-electron chi connectivity index (χ2n) is 7.13. The SMILES string of the molecule is CCN(C(=O)c1cncc(N2CCN(c3ccccc3)CC2)c1)c1ccccc1. The van der Waals surface area contributed by atoms with Crippen LogP contribution in [-0.4, -0.2) is 43.6 Å². The molecule has 1 aliphatic heterocycles. The molecule has 0 spiro atoms. The summed E-state index contributed by atoms with van der Waals surface area (Å²) >= 11 is 0. The number of aromatic nitrogens is 1. The van der Waals surface area contributed by atoms with Gasteiger partial charge in [-0.05, 0) is 37.3 Å². The topological polar surface area (TPSA) is 39.7 Å². The molecule has 1 amide bonds. The first-order chi connectivity index (χ1) is 14.3. The molecule has 0 N–H and O–H groups in total. The van der Waals surface area contributed by atoms with Crippen LogP contribution in [0.3, 0.4) is 0 Å². The van der Waals surface area contributed by atoms with E-state index in [0.29, 0.717) is 12.1 Å². The predicted octanol–water partition coefficient (Wildman–Crippen LogP) is 4.07. The van der Waals surface area contributed by atoms with E-state index in [1.807, 2.05) is 55.6 Å². The number of pyridine rings is 1. The van der Waals surface area contributed by atoms with Gasteiger partial charge in [0.05, 0.1) is 17.4 Å². The lowest BCUT2D eigenvalue weighted by molar-refractivity contribution is 0.0988. The average Bonchev–Trinajstić information content (AvgIpc) is 2.81. The van der Waals surface area contributed by atoms with Gasteiger partial charge in [-0.1, -0.05) is 36.4 Å². The maximum absolute atomic E-state index is 13.1. The zero-order valence-electron chi connectivity index (χ0n) is 16.7. The lowest BCUT2D eigenvalue weighted by Crippen LogP contribution is -2.46. The van der Waals surface area contributed by atoms with E-state index in [-0.39, 0.29) is 5.91 Å². The van der Waals surface area contributed by atoms with Crippen LogP contribution in [0.25, 0.3) is 0 Å². The second kappa shape index (κ2) is 8.78. The maximum Gasteiger partial charge on any atom is 0.259 e. The molecule has 0 bridgehead atoms. The van der Waals surface area contributed by atoms with Crippen molar-refractivity contribution in [3.05, 3.63) is 84.7 Å². The Hall–Kier alpha value is -3.34. The minimum absolute atomic E-state index is 0.0176. The van der Waals surface area contributed by atoms with Crippen LogP contribution in [0.15, 0.2) is 79.1 Å². The van der Waals surface area contributed by atoms with Gasteiger partial charge in [0, 0.05) is 50.3 Å². The number of nitrogens with zero attached hydrogens (tertiary/aromatic N) is 4. The second-order valence-corrected chi connectivity index (χ2v) is 7.13. The monoisotopic (exact) mass is 386 g/mol. The quantitative estimate of drug-likeness (QED) is 0.663. The Labute approximate surface area is 172 Å². The number of benzene rings is 2. The minimum atomic E-state index is -0.0176. The first-order valence-corrected chi connectivity index (χ1v) is 10.1. The first kappa shape index (κ1) is 19.0. The van der Waals surface area contributed by atoms with Crippen molar-refractivity contribution in [2.45, 2.75) is 6.92 Å². The average molecular weight is 386 g/mol. The molecule has 1 aliphatic rings. The molecular weight excluding hydrogens is 360 g/mol. The molecule has 1 aromatic heterocycles. The molecule has 5 heteroatoms. The molecule has 1 saturated heterocycles. The zero-order valence-corrected chi connectivity index (χ0v) is 16.7. The fourth-order valence-corrected chi connectivity index (χ4v) is 3.79. The van der Waals surface area contributed by atoms with Gasteiger partial charge in [-0.15, -0.1) is 0 Å². The number of carbonyl (C=O) groups is 1. The van der Waals surface area contributed by atoms with Gasteiger partial charge >= 0.3 is 0 Å². The van der Waals surface area contributed by atoms with E-state index in [1.54, 1.807) is 11.1 Å². The van der Waals surface area contributed by atoms with Gasteiger partial charge in [0.25, 0.3) is 5.91 Å². The minimum Gasteiger partial charge on any atom is -0.368 e. The summed E-state index contributed by atoms with van der Waals surface area (Å²) in [7, 11) is 0. The third kappa shape index (κ3) is 4.24. The Balaban J connectivity index is 1.47. The highest BCUT2D eigenvalue weighted by Crippen LogP contribution is 2.22. The summed E-state index contributed by atoms with van der Waals surface area (Å²) < 4.78 is 0. The lowest BCUT2D eigenvalue weighted by atomic mass is 10.2. The number of piperazine rings is 1. The van der Waals surface area contributed by atoms with Crippen molar-refractivity contribution in [1.82, 2.24) is 4.98 Å². The van der Waals surface area contributed by atoms with E-state index >= 15 is 0 Å². The fraction of sp³-hybridized carbons (Fsp3) is 0.250. The molecule has 0 radical (unpaired) electrons. The van der Waals surface area contributed by atoms with Gasteiger partial charge in [0.15, 0.2) is 0 Å². The van der Waals surface area contributed by atoms with Crippen LogP contribution in [0.5, 0.6) is 0 Å². The summed E-state index contributed by atoms with van der Waals surface area (Å²) in [5, 5.41) is 0. The largest absolute Gasteiger partial charge is 0.368 e. The molecule has 3 aromatic rings. The van der Waals surface area contributed by atoms with Crippen molar-refractivity contribution in [3.8, 4) is 0 Å². The van der Waals surface area contributed by atoms with Crippen molar-refractivity contribution < 1.29 is 4.79 Å². The van der Waals surface area contributed by atoms with Crippen molar-refractivity contribution >= 4 is 23.0 Å². The van der Waals surface area contributed by atoms with E-state index in [1.165, 1.54) is 5.69 Å². The van der Waals surface area contributed by atoms with Crippen LogP contribution in [-0.2, 0) is 0 Å². The standard InChI is InChI=1S/C24H26N4O/c1-2-28(22-11-7-4-8-12-22)24(29)20-17-23(19-25-18-20)27-15-13-26(14-16-27)21-9-5-3-6-10-21/h3-12,17-19H,2,13-16H2,1H3. The van der Waals surface area contributed by atoms with Gasteiger partial charge in [-0.2, -0.15) is 0 Å². The van der Waals surface area contributed by atoms with Gasteiger partial charge in [0.1, 0.15) is 0 Å². The number of para-hydroxylation sites is 2. The third-order valence-electron chi connectivity index (χ3n) is 5.37. The van der Waals surface area contributed by atoms with Crippen molar-refractivity contribution in [2.24, 2.45) is 0 Å². The third-order valence-corrected chi connectivity index (χ3v) is 5.37. The predicted molar refractivity (Wildman–Crippen MR) is 119 cm³/mol. The van der Waals surface area contributed by atoms with Crippen molar-refractivity contribution in [1.29, 1.82) is 0 Å². The van der Waals surface area contributed by atoms with Crippen LogP contribution in [0, 0.1) is 0 Å². The molecular formula is C24H26N4O. The van der Waals surface area contributed by atoms with Gasteiger partial charge < -0.3 is 14.7 Å². The number of carbonyl (C=O) groups excluding carboxylic acids is 1. The van der Waals surface area contributed by atoms with Crippen LogP contribution < -0.4 is 14.7 Å². The Morgan fingerprint density at radius 2 is 1.45 bits per heavy atom. The van der Waals surface area contributed by atoms with E-state index in [0.717, 1.165) is 37.6 Å². The molecule has 0 aliphatic carbocycles. The Morgan fingerprint density at radius 1 is 0.862 bits per heavy atom. The molecule has 0 unspecified atom stereocenters. The highest BCUT2D eigenvalue weighted by atomic mass is 16.2. The number of amides is 1. The molecule has 4 rings (SSSR count). The summed E-state index contributed by atoms with van der Waals surface area (Å²) in [6.45, 7) is 6.32. The van der Waals surface area contributed by atoms with E-state index < -0.39 is 0 Å². The van der Waals surface area contributed by atoms with Crippen molar-refractivity contribution in [3.63, 3.8) is 0 Å². The lowest BCUT2D eigenvalue weighted by Gasteiger charge is -2.37. The summed E-state index contributed by atoms with van der Waals surface area (Å²) in [4.78, 5) is 24.0. The Bertz CT molecular complexity index is 937. The molecule has 148 valence electrons. The summed E-state index contributed by atoms with van der Waals surface area (Å²) in [5.41, 5.74) is 3.80. The molecule has 1 fully saturated rings. The van der Waals surface area contributed by atoms with Gasteiger partial charge in [-0.3, -0.25) is 9.78 Å². The highest BCUT2D eigenvalue weighted by molar-refractivity contribution is 6.06. The highest BCUT2D eigenvalue weighted by Gasteiger charge is 2.21. The number of hydrogen-bond acceptors (Lipinski definition) is 4. The van der Waals surface area contributed by atoms with Gasteiger partial charge in [0.2, 0.25) is 0 Å². The summed E-state index contributed by atoms with van der Waals surface area (Å²) in [5.74, 6) is -0.0176. The van der Waals surface area contributed by atoms with Crippen LogP contribution in [0.4, 0.5) is 17.1 Å². The molecule has 5 nitrogen and oxygen atoms in total. The Kier molecular flexibility index (Phi) is 5.75. The van der Waals surface area contributed by atoms with Crippen LogP contribution in [0.2, 0.25) is 0 Å². The number of hydrogen-bond donors (Lipinski definition) is 0. The van der Waals surface area contributed by atoms with E-state index in [9.17, 15) is 4.79 Å².